The number of allylic oxidation sites excluding steroid dienone is 2. The van der Waals surface area contributed by atoms with Crippen LogP contribution < -0.4 is 0 Å². The van der Waals surface area contributed by atoms with Crippen LogP contribution in [0.3, 0.4) is 0 Å². The van der Waals surface area contributed by atoms with Gasteiger partial charge in [0.05, 0.1) is 19.3 Å². The number of hydrogen-bond donors (Lipinski definition) is 3. The Morgan fingerprint density at radius 1 is 0.938 bits per heavy atom. The van der Waals surface area contributed by atoms with Gasteiger partial charge in [0.1, 0.15) is 0 Å². The molecule has 0 aliphatic rings. The highest BCUT2D eigenvalue weighted by molar-refractivity contribution is 5.39. The summed E-state index contributed by atoms with van der Waals surface area (Å²) in [6.45, 7) is -0.369. The summed E-state index contributed by atoms with van der Waals surface area (Å²) in [5.41, 5.74) is 0. The molecule has 82 valence electrons. The molecule has 1 unspecified atom stereocenters. The van der Waals surface area contributed by atoms with E-state index in [0.29, 0.717) is 0 Å². The summed E-state index contributed by atoms with van der Waals surface area (Å²) in [6, 6.07) is 0. The Balaban J connectivity index is 4.00. The van der Waals surface area contributed by atoms with E-state index >= 15 is 0 Å². The largest absolute Gasteiger partial charge is 0.393 e. The Morgan fingerprint density at radius 3 is 2.12 bits per heavy atom. The standard InChI is InChI=1S/C13H12O3/c14-11-9-7-5-3-1-2-4-6-8-10-13(16)12-15/h7-10,13-16H,11-12H2. The average Bonchev–Trinajstić information content (AvgIpc) is 2.31. The Labute approximate surface area is 95.1 Å². The molecule has 0 saturated heterocycles. The number of aliphatic hydroxyl groups is 3. The van der Waals surface area contributed by atoms with Gasteiger partial charge in [0.2, 0.25) is 0 Å². The zero-order valence-electron chi connectivity index (χ0n) is 8.64. The predicted molar refractivity (Wildman–Crippen MR) is 61.8 cm³/mol. The summed E-state index contributed by atoms with van der Waals surface area (Å²) in [5.74, 6) is 15.1. The molecular weight excluding hydrogens is 204 g/mol. The molecule has 0 spiro atoms. The molecule has 0 aliphatic carbocycles. The maximum Gasteiger partial charge on any atom is 0.0960 e. The van der Waals surface area contributed by atoms with E-state index in [1.54, 1.807) is 0 Å². The van der Waals surface area contributed by atoms with E-state index < -0.39 is 6.10 Å². The van der Waals surface area contributed by atoms with Crippen molar-refractivity contribution in [1.82, 2.24) is 0 Å². The summed E-state index contributed by atoms with van der Waals surface area (Å²) in [5, 5.41) is 25.7. The molecule has 0 fully saturated rings. The second-order valence-electron chi connectivity index (χ2n) is 2.48. The highest BCUT2D eigenvalue weighted by atomic mass is 16.3. The molecule has 0 radical (unpaired) electrons. The quantitative estimate of drug-likeness (QED) is 0.555. The second kappa shape index (κ2) is 11.1. The monoisotopic (exact) mass is 216 g/mol. The Hall–Kier alpha value is -1.96. The Morgan fingerprint density at radius 2 is 1.56 bits per heavy atom. The van der Waals surface area contributed by atoms with Crippen molar-refractivity contribution >= 4 is 0 Å². The van der Waals surface area contributed by atoms with Crippen molar-refractivity contribution in [2.75, 3.05) is 13.2 Å². The van der Waals surface area contributed by atoms with E-state index in [2.05, 4.69) is 35.5 Å². The predicted octanol–water partition coefficient (Wildman–Crippen LogP) is -0.546. The molecule has 16 heavy (non-hydrogen) atoms. The fourth-order valence-corrected chi connectivity index (χ4v) is 0.550. The minimum absolute atomic E-state index is 0.0418. The maximum atomic E-state index is 8.89. The molecule has 0 aromatic rings. The van der Waals surface area contributed by atoms with Gasteiger partial charge in [0.25, 0.3) is 0 Å². The van der Waals surface area contributed by atoms with Gasteiger partial charge in [-0.2, -0.15) is 0 Å². The first kappa shape index (κ1) is 14.0. The van der Waals surface area contributed by atoms with Crippen LogP contribution in [-0.2, 0) is 0 Å². The van der Waals surface area contributed by atoms with E-state index in [9.17, 15) is 0 Å². The number of hydrogen-bond acceptors (Lipinski definition) is 3. The maximum absolute atomic E-state index is 8.89. The molecule has 0 aromatic carbocycles. The molecule has 0 aromatic heterocycles. The topological polar surface area (TPSA) is 60.7 Å². The highest BCUT2D eigenvalue weighted by Crippen LogP contribution is 1.81. The third kappa shape index (κ3) is 10.1. The van der Waals surface area contributed by atoms with Crippen molar-refractivity contribution in [1.29, 1.82) is 0 Å². The van der Waals surface area contributed by atoms with E-state index in [4.69, 9.17) is 15.3 Å². The lowest BCUT2D eigenvalue weighted by Crippen LogP contribution is -2.06. The van der Waals surface area contributed by atoms with Gasteiger partial charge >= 0.3 is 0 Å². The lowest BCUT2D eigenvalue weighted by Gasteiger charge is -1.94. The van der Waals surface area contributed by atoms with Gasteiger partial charge in [-0.25, -0.2) is 0 Å². The molecule has 0 rings (SSSR count). The molecule has 1 atom stereocenters. The summed E-state index contributed by atoms with van der Waals surface area (Å²) in [6.07, 6.45) is 4.89. The summed E-state index contributed by atoms with van der Waals surface area (Å²) >= 11 is 0. The zero-order chi connectivity index (χ0) is 12.1. The lowest BCUT2D eigenvalue weighted by atomic mass is 10.3. The van der Waals surface area contributed by atoms with Crippen LogP contribution in [0.1, 0.15) is 0 Å². The van der Waals surface area contributed by atoms with Crippen LogP contribution in [0.5, 0.6) is 0 Å². The zero-order valence-corrected chi connectivity index (χ0v) is 8.64. The van der Waals surface area contributed by atoms with Crippen molar-refractivity contribution in [3.63, 3.8) is 0 Å². The minimum Gasteiger partial charge on any atom is -0.393 e. The van der Waals surface area contributed by atoms with E-state index in [1.807, 2.05) is 0 Å². The van der Waals surface area contributed by atoms with Crippen LogP contribution in [0.15, 0.2) is 24.3 Å². The van der Waals surface area contributed by atoms with E-state index in [0.717, 1.165) is 0 Å². The van der Waals surface area contributed by atoms with E-state index in [1.165, 1.54) is 24.3 Å². The minimum atomic E-state index is -0.884. The summed E-state index contributed by atoms with van der Waals surface area (Å²) < 4.78 is 0. The van der Waals surface area contributed by atoms with Crippen LogP contribution in [0, 0.1) is 35.5 Å². The van der Waals surface area contributed by atoms with Gasteiger partial charge in [-0.3, -0.25) is 0 Å². The fourth-order valence-electron chi connectivity index (χ4n) is 0.550. The van der Waals surface area contributed by atoms with Crippen molar-refractivity contribution in [2.24, 2.45) is 0 Å². The lowest BCUT2D eigenvalue weighted by molar-refractivity contribution is 0.131. The molecule has 0 aliphatic heterocycles. The number of aliphatic hydroxyl groups excluding tert-OH is 3. The summed E-state index contributed by atoms with van der Waals surface area (Å²) in [4.78, 5) is 0. The van der Waals surface area contributed by atoms with Gasteiger partial charge in [-0.1, -0.05) is 17.9 Å². The molecule has 0 saturated carbocycles. The smallest absolute Gasteiger partial charge is 0.0960 e. The third-order valence-corrected chi connectivity index (χ3v) is 1.23. The SMILES string of the molecule is OCC=CC#CC#CC#CC=CC(O)CO. The molecular formula is C13H12O3. The first-order valence-electron chi connectivity index (χ1n) is 4.53. The van der Waals surface area contributed by atoms with Gasteiger partial charge in [-0.15, -0.1) is 0 Å². The normalized spacial score (nSPS) is 10.9. The van der Waals surface area contributed by atoms with Crippen LogP contribution in [-0.4, -0.2) is 34.6 Å². The van der Waals surface area contributed by atoms with E-state index in [-0.39, 0.29) is 13.2 Å². The first-order chi connectivity index (χ1) is 7.81. The Bertz CT molecular complexity index is 413. The van der Waals surface area contributed by atoms with Crippen LogP contribution in [0.4, 0.5) is 0 Å². The summed E-state index contributed by atoms with van der Waals surface area (Å²) in [7, 11) is 0. The second-order valence-corrected chi connectivity index (χ2v) is 2.48. The average molecular weight is 216 g/mol. The van der Waals surface area contributed by atoms with Gasteiger partial charge < -0.3 is 15.3 Å². The molecule has 3 heteroatoms. The highest BCUT2D eigenvalue weighted by Gasteiger charge is 1.90. The molecule has 0 amide bonds. The number of rotatable bonds is 3. The van der Waals surface area contributed by atoms with Crippen molar-refractivity contribution in [2.45, 2.75) is 6.10 Å². The van der Waals surface area contributed by atoms with Crippen LogP contribution in [0.25, 0.3) is 0 Å². The van der Waals surface area contributed by atoms with Crippen molar-refractivity contribution in [3.05, 3.63) is 24.3 Å². The van der Waals surface area contributed by atoms with Crippen LogP contribution in [0.2, 0.25) is 0 Å². The molecule has 3 nitrogen and oxygen atoms in total. The van der Waals surface area contributed by atoms with Crippen molar-refractivity contribution in [3.8, 4) is 35.5 Å². The first-order valence-corrected chi connectivity index (χ1v) is 4.53. The fraction of sp³-hybridized carbons (Fsp3) is 0.231. The third-order valence-electron chi connectivity index (χ3n) is 1.23. The van der Waals surface area contributed by atoms with Gasteiger partial charge in [0, 0.05) is 0 Å². The van der Waals surface area contributed by atoms with Gasteiger partial charge in [-0.05, 0) is 41.9 Å². The van der Waals surface area contributed by atoms with Crippen molar-refractivity contribution < 1.29 is 15.3 Å². The van der Waals surface area contributed by atoms with Gasteiger partial charge in [0.15, 0.2) is 0 Å². The molecule has 3 N–H and O–H groups in total. The molecule has 0 bridgehead atoms. The molecule has 0 heterocycles. The van der Waals surface area contributed by atoms with Crippen LogP contribution >= 0.6 is 0 Å². The Kier molecular flexibility index (Phi) is 9.75.